The largest absolute Gasteiger partial charge is 0.380 e. The van der Waals surface area contributed by atoms with E-state index >= 15 is 0 Å². The van der Waals surface area contributed by atoms with Crippen molar-refractivity contribution in [2.24, 2.45) is 23.2 Å². The molecule has 0 radical (unpaired) electrons. The molecule has 1 N–H and O–H groups in total. The summed E-state index contributed by atoms with van der Waals surface area (Å²) in [6.07, 6.45) is 11.8. The Hall–Kier alpha value is -0.0800. The van der Waals surface area contributed by atoms with Crippen LogP contribution in [0.15, 0.2) is 0 Å². The molecule has 1 aliphatic heterocycles. The minimum atomic E-state index is 0.622. The summed E-state index contributed by atoms with van der Waals surface area (Å²) in [5.74, 6) is 3.20. The van der Waals surface area contributed by atoms with Gasteiger partial charge in [-0.15, -0.1) is 0 Å². The maximum atomic E-state index is 5.64. The van der Waals surface area contributed by atoms with Crippen molar-refractivity contribution in [1.82, 2.24) is 5.32 Å². The third-order valence-electron chi connectivity index (χ3n) is 6.65. The second kappa shape index (κ2) is 4.73. The highest BCUT2D eigenvalue weighted by atomic mass is 16.5. The Bertz CT molecular complexity index is 299. The molecular weight excluding hydrogens is 234 g/mol. The molecule has 2 nitrogen and oxygen atoms in total. The third-order valence-corrected chi connectivity index (χ3v) is 6.65. The minimum absolute atomic E-state index is 0.622. The molecule has 5 rings (SSSR count). The van der Waals surface area contributed by atoms with Gasteiger partial charge in [0.15, 0.2) is 0 Å². The van der Waals surface area contributed by atoms with E-state index in [0.29, 0.717) is 17.5 Å². The molecule has 0 amide bonds. The Balaban J connectivity index is 1.45. The Morgan fingerprint density at radius 3 is 2.21 bits per heavy atom. The lowest BCUT2D eigenvalue weighted by Gasteiger charge is -2.59. The van der Waals surface area contributed by atoms with Crippen molar-refractivity contribution >= 4 is 0 Å². The average molecular weight is 263 g/mol. The van der Waals surface area contributed by atoms with Gasteiger partial charge in [-0.05, 0) is 81.5 Å². The lowest BCUT2D eigenvalue weighted by Crippen LogP contribution is -2.57. The fraction of sp³-hybridized carbons (Fsp3) is 1.00. The number of hydrogen-bond donors (Lipinski definition) is 1. The third kappa shape index (κ3) is 2.25. The van der Waals surface area contributed by atoms with Crippen LogP contribution in [0.2, 0.25) is 0 Å². The van der Waals surface area contributed by atoms with E-state index < -0.39 is 0 Å². The molecule has 1 saturated heterocycles. The summed E-state index contributed by atoms with van der Waals surface area (Å²) < 4.78 is 5.64. The van der Waals surface area contributed by atoms with Crippen LogP contribution in [0.1, 0.15) is 58.3 Å². The van der Waals surface area contributed by atoms with E-state index in [1.54, 1.807) is 19.3 Å². The number of rotatable bonds is 3. The van der Waals surface area contributed by atoms with Gasteiger partial charge in [-0.25, -0.2) is 0 Å². The minimum Gasteiger partial charge on any atom is -0.380 e. The first-order valence-electron chi connectivity index (χ1n) is 8.57. The summed E-state index contributed by atoms with van der Waals surface area (Å²) in [6, 6.07) is 1.32. The second-order valence-corrected chi connectivity index (χ2v) is 8.08. The lowest BCUT2D eigenvalue weighted by atomic mass is 9.48. The molecule has 4 saturated carbocycles. The molecule has 2 unspecified atom stereocenters. The zero-order chi connectivity index (χ0) is 12.9. The first-order valence-corrected chi connectivity index (χ1v) is 8.57. The Labute approximate surface area is 117 Å². The van der Waals surface area contributed by atoms with Crippen LogP contribution < -0.4 is 5.32 Å². The maximum absolute atomic E-state index is 5.64. The molecule has 0 aromatic carbocycles. The Morgan fingerprint density at radius 2 is 1.68 bits per heavy atom. The van der Waals surface area contributed by atoms with Crippen molar-refractivity contribution in [2.45, 2.75) is 70.4 Å². The van der Waals surface area contributed by atoms with Crippen LogP contribution in [-0.2, 0) is 4.74 Å². The molecule has 0 aromatic heterocycles. The quantitative estimate of drug-likeness (QED) is 0.843. The maximum Gasteiger partial charge on any atom is 0.0619 e. The average Bonchev–Trinajstić information content (AvgIpc) is 2.38. The summed E-state index contributed by atoms with van der Waals surface area (Å²) >= 11 is 0. The highest BCUT2D eigenvalue weighted by Crippen LogP contribution is 2.61. The molecule has 4 bridgehead atoms. The summed E-state index contributed by atoms with van der Waals surface area (Å²) in [5.41, 5.74) is 0.645. The van der Waals surface area contributed by atoms with E-state index in [9.17, 15) is 0 Å². The predicted octanol–water partition coefficient (Wildman–Crippen LogP) is 3.36. The summed E-state index contributed by atoms with van der Waals surface area (Å²) in [6.45, 7) is 4.39. The first-order chi connectivity index (χ1) is 9.23. The van der Waals surface area contributed by atoms with Crippen molar-refractivity contribution in [3.8, 4) is 0 Å². The van der Waals surface area contributed by atoms with Crippen LogP contribution in [0.3, 0.4) is 0 Å². The highest BCUT2D eigenvalue weighted by molar-refractivity contribution is 5.05. The highest BCUT2D eigenvalue weighted by Gasteiger charge is 2.53. The molecule has 108 valence electrons. The normalized spacial score (nSPS) is 50.4. The predicted molar refractivity (Wildman–Crippen MR) is 77.0 cm³/mol. The van der Waals surface area contributed by atoms with Gasteiger partial charge in [-0.1, -0.05) is 0 Å². The van der Waals surface area contributed by atoms with E-state index in [-0.39, 0.29) is 0 Å². The lowest BCUT2D eigenvalue weighted by molar-refractivity contribution is -0.0752. The molecule has 2 heteroatoms. The molecule has 0 aromatic rings. The van der Waals surface area contributed by atoms with Gasteiger partial charge in [-0.3, -0.25) is 0 Å². The fourth-order valence-electron chi connectivity index (χ4n) is 6.11. The van der Waals surface area contributed by atoms with Gasteiger partial charge in [0.1, 0.15) is 0 Å². The summed E-state index contributed by atoms with van der Waals surface area (Å²) in [4.78, 5) is 0. The van der Waals surface area contributed by atoms with Gasteiger partial charge < -0.3 is 10.1 Å². The van der Waals surface area contributed by atoms with Crippen molar-refractivity contribution in [3.05, 3.63) is 0 Å². The molecular formula is C17H29NO. The zero-order valence-corrected chi connectivity index (χ0v) is 12.4. The van der Waals surface area contributed by atoms with Gasteiger partial charge in [-0.2, -0.15) is 0 Å². The van der Waals surface area contributed by atoms with Crippen molar-refractivity contribution in [1.29, 1.82) is 0 Å². The van der Waals surface area contributed by atoms with Gasteiger partial charge >= 0.3 is 0 Å². The van der Waals surface area contributed by atoms with E-state index in [1.165, 1.54) is 32.1 Å². The van der Waals surface area contributed by atoms with Crippen molar-refractivity contribution in [3.63, 3.8) is 0 Å². The molecule has 19 heavy (non-hydrogen) atoms. The van der Waals surface area contributed by atoms with E-state index in [4.69, 9.17) is 4.74 Å². The van der Waals surface area contributed by atoms with Crippen LogP contribution in [-0.4, -0.2) is 25.3 Å². The molecule has 2 atom stereocenters. The summed E-state index contributed by atoms with van der Waals surface area (Å²) in [7, 11) is 0. The molecule has 5 fully saturated rings. The van der Waals surface area contributed by atoms with Crippen LogP contribution in [0.4, 0.5) is 0 Å². The van der Waals surface area contributed by atoms with Crippen LogP contribution >= 0.6 is 0 Å². The molecule has 4 aliphatic carbocycles. The number of ether oxygens (including phenoxy) is 1. The van der Waals surface area contributed by atoms with Gasteiger partial charge in [0, 0.05) is 18.7 Å². The van der Waals surface area contributed by atoms with Gasteiger partial charge in [0.25, 0.3) is 0 Å². The topological polar surface area (TPSA) is 21.3 Å². The summed E-state index contributed by atoms with van der Waals surface area (Å²) in [5, 5.41) is 3.95. The van der Waals surface area contributed by atoms with E-state index in [1.807, 2.05) is 0 Å². The fourth-order valence-corrected chi connectivity index (χ4v) is 6.11. The van der Waals surface area contributed by atoms with Crippen molar-refractivity contribution < 1.29 is 4.74 Å². The van der Waals surface area contributed by atoms with Crippen LogP contribution in [0.5, 0.6) is 0 Å². The number of nitrogens with one attached hydrogen (secondary N) is 1. The van der Waals surface area contributed by atoms with Crippen LogP contribution in [0, 0.1) is 23.2 Å². The van der Waals surface area contributed by atoms with E-state index in [0.717, 1.165) is 31.0 Å². The molecule has 5 aliphatic rings. The molecule has 1 heterocycles. The monoisotopic (exact) mass is 263 g/mol. The second-order valence-electron chi connectivity index (χ2n) is 8.08. The zero-order valence-electron chi connectivity index (χ0n) is 12.4. The van der Waals surface area contributed by atoms with Crippen molar-refractivity contribution in [2.75, 3.05) is 13.2 Å². The van der Waals surface area contributed by atoms with Gasteiger partial charge in [0.05, 0.1) is 6.61 Å². The van der Waals surface area contributed by atoms with Crippen LogP contribution in [0.25, 0.3) is 0 Å². The number of hydrogen-bond acceptors (Lipinski definition) is 2. The molecule has 0 spiro atoms. The Morgan fingerprint density at radius 1 is 1.05 bits per heavy atom. The Kier molecular flexibility index (Phi) is 3.15. The first kappa shape index (κ1) is 12.6. The van der Waals surface area contributed by atoms with E-state index in [2.05, 4.69) is 12.2 Å². The van der Waals surface area contributed by atoms with Gasteiger partial charge in [0.2, 0.25) is 0 Å². The smallest absolute Gasteiger partial charge is 0.0619 e. The standard InChI is InChI=1S/C17H29NO/c1-12(18-16-3-2-4-19-11-16)17-8-13-5-14(9-17)7-15(6-13)10-17/h12-16,18H,2-11H2,1H3. The SMILES string of the molecule is CC(NC1CCCOC1)C12CC3CC(CC(C3)C1)C2.